The number of benzene rings is 1. The van der Waals surface area contributed by atoms with Crippen molar-refractivity contribution in [2.45, 2.75) is 26.8 Å². The van der Waals surface area contributed by atoms with Crippen LogP contribution in [0.4, 0.5) is 0 Å². The molecule has 2 nitrogen and oxygen atoms in total. The molecule has 0 heterocycles. The number of rotatable bonds is 2. The smallest absolute Gasteiger partial charge is 0.0518 e. The summed E-state index contributed by atoms with van der Waals surface area (Å²) in [5, 5.41) is 0. The van der Waals surface area contributed by atoms with E-state index in [1.165, 1.54) is 9.13 Å². The summed E-state index contributed by atoms with van der Waals surface area (Å²) < 4.78 is 1.25. The van der Waals surface area contributed by atoms with Gasteiger partial charge in [0.05, 0.1) is 6.04 Å². The highest BCUT2D eigenvalue weighted by molar-refractivity contribution is 14.1. The first-order valence-electron chi connectivity index (χ1n) is 4.67. The molecule has 14 heavy (non-hydrogen) atoms. The van der Waals surface area contributed by atoms with Crippen LogP contribution in [0.15, 0.2) is 24.3 Å². The van der Waals surface area contributed by atoms with E-state index in [0.29, 0.717) is 0 Å². The molecule has 3 N–H and O–H groups in total. The first-order valence-corrected chi connectivity index (χ1v) is 5.75. The van der Waals surface area contributed by atoms with E-state index < -0.39 is 0 Å². The van der Waals surface area contributed by atoms with Crippen LogP contribution in [-0.2, 0) is 0 Å². The Hall–Kier alpha value is -0.130. The third kappa shape index (κ3) is 2.68. The van der Waals surface area contributed by atoms with E-state index in [4.69, 9.17) is 5.84 Å². The molecule has 0 saturated carbocycles. The molecular formula is C11H17IN2. The number of hydrogen-bond donors (Lipinski definition) is 2. The van der Waals surface area contributed by atoms with Crippen LogP contribution in [0.3, 0.4) is 0 Å². The van der Waals surface area contributed by atoms with Crippen LogP contribution in [0.5, 0.6) is 0 Å². The molecule has 0 bridgehead atoms. The van der Waals surface area contributed by atoms with Gasteiger partial charge in [0.2, 0.25) is 0 Å². The van der Waals surface area contributed by atoms with Crippen molar-refractivity contribution in [2.24, 2.45) is 11.3 Å². The lowest BCUT2D eigenvalue weighted by Gasteiger charge is -2.31. The quantitative estimate of drug-likeness (QED) is 0.501. The Labute approximate surface area is 99.4 Å². The number of hydrazine groups is 1. The summed E-state index contributed by atoms with van der Waals surface area (Å²) in [7, 11) is 0. The first kappa shape index (κ1) is 11.9. The highest BCUT2D eigenvalue weighted by Gasteiger charge is 2.26. The predicted molar refractivity (Wildman–Crippen MR) is 68.7 cm³/mol. The van der Waals surface area contributed by atoms with Gasteiger partial charge < -0.3 is 0 Å². The van der Waals surface area contributed by atoms with E-state index in [-0.39, 0.29) is 11.5 Å². The summed E-state index contributed by atoms with van der Waals surface area (Å²) in [6.45, 7) is 6.54. The van der Waals surface area contributed by atoms with Crippen molar-refractivity contribution < 1.29 is 0 Å². The van der Waals surface area contributed by atoms with E-state index in [2.05, 4.69) is 60.9 Å². The van der Waals surface area contributed by atoms with Crippen molar-refractivity contribution in [2.75, 3.05) is 0 Å². The van der Waals surface area contributed by atoms with Gasteiger partial charge in [0.15, 0.2) is 0 Å². The molecule has 1 aromatic carbocycles. The fraction of sp³-hybridized carbons (Fsp3) is 0.455. The molecule has 0 aliphatic carbocycles. The molecule has 3 heteroatoms. The Bertz CT molecular complexity index is 304. The van der Waals surface area contributed by atoms with Gasteiger partial charge in [0.25, 0.3) is 0 Å². The van der Waals surface area contributed by atoms with Gasteiger partial charge in [-0.2, -0.15) is 0 Å². The molecular weight excluding hydrogens is 287 g/mol. The third-order valence-corrected chi connectivity index (χ3v) is 3.23. The largest absolute Gasteiger partial charge is 0.271 e. The molecule has 0 saturated heterocycles. The van der Waals surface area contributed by atoms with Crippen LogP contribution in [0.25, 0.3) is 0 Å². The van der Waals surface area contributed by atoms with Gasteiger partial charge in [0, 0.05) is 3.57 Å². The monoisotopic (exact) mass is 304 g/mol. The Morgan fingerprint density at radius 3 is 2.29 bits per heavy atom. The standard InChI is InChI=1S/C11H17IN2/c1-11(2,3)10(14-13)8-6-4-5-7-9(8)12/h4-7,10,14H,13H2,1-3H3. The predicted octanol–water partition coefficient (Wildman–Crippen LogP) is 2.84. The van der Waals surface area contributed by atoms with Crippen LogP contribution in [-0.4, -0.2) is 0 Å². The highest BCUT2D eigenvalue weighted by Crippen LogP contribution is 2.33. The summed E-state index contributed by atoms with van der Waals surface area (Å²) in [5.74, 6) is 5.61. The molecule has 0 aliphatic heterocycles. The zero-order chi connectivity index (χ0) is 10.8. The fourth-order valence-corrected chi connectivity index (χ4v) is 2.21. The molecule has 0 amide bonds. The Kier molecular flexibility index (Phi) is 3.92. The summed E-state index contributed by atoms with van der Waals surface area (Å²) in [4.78, 5) is 0. The minimum absolute atomic E-state index is 0.121. The number of nitrogens with one attached hydrogen (secondary N) is 1. The van der Waals surface area contributed by atoms with E-state index in [1.54, 1.807) is 0 Å². The zero-order valence-electron chi connectivity index (χ0n) is 8.84. The minimum Gasteiger partial charge on any atom is -0.271 e. The number of hydrogen-bond acceptors (Lipinski definition) is 2. The van der Waals surface area contributed by atoms with Gasteiger partial charge in [-0.05, 0) is 39.6 Å². The molecule has 0 radical (unpaired) electrons. The van der Waals surface area contributed by atoms with E-state index in [1.807, 2.05) is 12.1 Å². The first-order chi connectivity index (χ1) is 6.46. The Morgan fingerprint density at radius 2 is 1.86 bits per heavy atom. The maximum atomic E-state index is 5.61. The van der Waals surface area contributed by atoms with E-state index >= 15 is 0 Å². The van der Waals surface area contributed by atoms with Crippen LogP contribution in [0.2, 0.25) is 0 Å². The molecule has 0 spiro atoms. The molecule has 1 rings (SSSR count). The van der Waals surface area contributed by atoms with E-state index in [0.717, 1.165) is 0 Å². The fourth-order valence-electron chi connectivity index (χ4n) is 1.52. The maximum absolute atomic E-state index is 5.61. The number of nitrogens with two attached hydrogens (primary N) is 1. The SMILES string of the molecule is CC(C)(C)C(NN)c1ccccc1I. The normalized spacial score (nSPS) is 14.1. The van der Waals surface area contributed by atoms with Crippen LogP contribution < -0.4 is 11.3 Å². The second-order valence-electron chi connectivity index (χ2n) is 4.49. The lowest BCUT2D eigenvalue weighted by molar-refractivity contribution is 0.274. The highest BCUT2D eigenvalue weighted by atomic mass is 127. The van der Waals surface area contributed by atoms with E-state index in [9.17, 15) is 0 Å². The summed E-state index contributed by atoms with van der Waals surface area (Å²) >= 11 is 2.34. The van der Waals surface area contributed by atoms with Crippen LogP contribution in [0.1, 0.15) is 32.4 Å². The third-order valence-electron chi connectivity index (χ3n) is 2.25. The zero-order valence-corrected chi connectivity index (χ0v) is 11.0. The van der Waals surface area contributed by atoms with Crippen LogP contribution >= 0.6 is 22.6 Å². The molecule has 0 fully saturated rings. The summed E-state index contributed by atoms with van der Waals surface area (Å²) in [6, 6.07) is 8.51. The Morgan fingerprint density at radius 1 is 1.29 bits per heavy atom. The molecule has 78 valence electrons. The summed E-state index contributed by atoms with van der Waals surface area (Å²) in [5.41, 5.74) is 4.28. The Balaban J connectivity index is 3.08. The maximum Gasteiger partial charge on any atom is 0.0518 e. The van der Waals surface area contributed by atoms with Gasteiger partial charge in [-0.3, -0.25) is 11.3 Å². The average Bonchev–Trinajstić information content (AvgIpc) is 2.07. The second-order valence-corrected chi connectivity index (χ2v) is 5.65. The van der Waals surface area contributed by atoms with Gasteiger partial charge in [0.1, 0.15) is 0 Å². The van der Waals surface area contributed by atoms with Crippen molar-refractivity contribution in [3.63, 3.8) is 0 Å². The van der Waals surface area contributed by atoms with Crippen molar-refractivity contribution in [1.29, 1.82) is 0 Å². The number of halogens is 1. The van der Waals surface area contributed by atoms with Gasteiger partial charge >= 0.3 is 0 Å². The average molecular weight is 304 g/mol. The molecule has 1 aromatic rings. The molecule has 0 aromatic heterocycles. The van der Waals surface area contributed by atoms with Crippen molar-refractivity contribution in [1.82, 2.24) is 5.43 Å². The van der Waals surface area contributed by atoms with Crippen LogP contribution in [0, 0.1) is 8.99 Å². The molecule has 1 atom stereocenters. The van der Waals surface area contributed by atoms with Gasteiger partial charge in [-0.1, -0.05) is 39.0 Å². The minimum atomic E-state index is 0.121. The van der Waals surface area contributed by atoms with Crippen molar-refractivity contribution >= 4 is 22.6 Å². The molecule has 1 unspecified atom stereocenters. The van der Waals surface area contributed by atoms with Gasteiger partial charge in [-0.15, -0.1) is 0 Å². The topological polar surface area (TPSA) is 38.0 Å². The lowest BCUT2D eigenvalue weighted by atomic mass is 9.83. The molecule has 0 aliphatic rings. The van der Waals surface area contributed by atoms with Gasteiger partial charge in [-0.25, -0.2) is 0 Å². The van der Waals surface area contributed by atoms with Crippen molar-refractivity contribution in [3.05, 3.63) is 33.4 Å². The second kappa shape index (κ2) is 4.59. The van der Waals surface area contributed by atoms with Crippen molar-refractivity contribution in [3.8, 4) is 0 Å². The lowest BCUT2D eigenvalue weighted by Crippen LogP contribution is -2.37. The summed E-state index contributed by atoms with van der Waals surface area (Å²) in [6.07, 6.45) is 0.